The van der Waals surface area contributed by atoms with Crippen LogP contribution in [0.25, 0.3) is 27.4 Å². The average molecular weight is 484 g/mol. The second kappa shape index (κ2) is 9.09. The molecule has 0 aliphatic rings. The highest BCUT2D eigenvalue weighted by Gasteiger charge is 2.32. The molecular weight excluding hydrogens is 458 g/mol. The summed E-state index contributed by atoms with van der Waals surface area (Å²) in [4.78, 5) is 18.7. The first-order valence-corrected chi connectivity index (χ1v) is 12.9. The standard InChI is InChI=1S/C28H25N3O3S/c1-3-25(30(2)35(33,34)26-19-11-13-20-12-7-8-16-22(20)26)27-29-24-18-10-9-17-23(24)28(32)31(27)21-14-5-4-6-15-21/h4-19,25H,3H2,1-2H3. The maximum Gasteiger partial charge on any atom is 0.266 e. The molecule has 5 rings (SSSR count). The molecule has 0 radical (unpaired) electrons. The number of nitrogens with zero attached hydrogens (tertiary/aromatic N) is 3. The lowest BCUT2D eigenvalue weighted by Crippen LogP contribution is -2.36. The molecule has 0 bridgehead atoms. The minimum atomic E-state index is -3.91. The van der Waals surface area contributed by atoms with E-state index < -0.39 is 16.1 Å². The van der Waals surface area contributed by atoms with Gasteiger partial charge in [0, 0.05) is 12.4 Å². The third-order valence-corrected chi connectivity index (χ3v) is 8.27. The minimum Gasteiger partial charge on any atom is -0.268 e. The number of fused-ring (bicyclic) bond motifs is 2. The molecule has 0 saturated heterocycles. The first-order valence-electron chi connectivity index (χ1n) is 11.5. The molecule has 1 unspecified atom stereocenters. The van der Waals surface area contributed by atoms with Crippen LogP contribution in [0.1, 0.15) is 25.2 Å². The van der Waals surface area contributed by atoms with Gasteiger partial charge in [-0.2, -0.15) is 4.31 Å². The average Bonchev–Trinajstić information content (AvgIpc) is 2.89. The zero-order chi connectivity index (χ0) is 24.6. The smallest absolute Gasteiger partial charge is 0.266 e. The fraction of sp³-hybridized carbons (Fsp3) is 0.143. The molecule has 0 saturated carbocycles. The first-order chi connectivity index (χ1) is 16.9. The molecule has 0 fully saturated rings. The van der Waals surface area contributed by atoms with Crippen molar-refractivity contribution >= 4 is 31.7 Å². The van der Waals surface area contributed by atoms with Gasteiger partial charge in [-0.25, -0.2) is 13.4 Å². The van der Waals surface area contributed by atoms with Crippen molar-refractivity contribution in [1.82, 2.24) is 13.9 Å². The maximum atomic E-state index is 13.9. The molecule has 0 aliphatic carbocycles. The Kier molecular flexibility index (Phi) is 5.96. The first kappa shape index (κ1) is 23.0. The van der Waals surface area contributed by atoms with Crippen molar-refractivity contribution in [2.24, 2.45) is 0 Å². The predicted octanol–water partition coefficient (Wildman–Crippen LogP) is 5.31. The maximum absolute atomic E-state index is 13.9. The third-order valence-electron chi connectivity index (χ3n) is 6.35. The van der Waals surface area contributed by atoms with Crippen molar-refractivity contribution in [3.8, 4) is 5.69 Å². The highest BCUT2D eigenvalue weighted by atomic mass is 32.2. The molecule has 4 aromatic carbocycles. The molecule has 6 nitrogen and oxygen atoms in total. The Morgan fingerprint density at radius 1 is 0.829 bits per heavy atom. The molecule has 1 atom stereocenters. The van der Waals surface area contributed by atoms with Crippen LogP contribution in [0.15, 0.2) is 107 Å². The molecule has 0 amide bonds. The van der Waals surface area contributed by atoms with E-state index in [9.17, 15) is 13.2 Å². The number of aromatic nitrogens is 2. The monoisotopic (exact) mass is 483 g/mol. The molecule has 5 aromatic rings. The van der Waals surface area contributed by atoms with Gasteiger partial charge in [0.2, 0.25) is 10.0 Å². The van der Waals surface area contributed by atoms with Gasteiger partial charge >= 0.3 is 0 Å². The van der Waals surface area contributed by atoms with Gasteiger partial charge in [0.1, 0.15) is 5.82 Å². The fourth-order valence-electron chi connectivity index (χ4n) is 4.55. The molecule has 0 spiro atoms. The van der Waals surface area contributed by atoms with Crippen LogP contribution in [0.3, 0.4) is 0 Å². The van der Waals surface area contributed by atoms with Crippen LogP contribution in [-0.2, 0) is 10.0 Å². The lowest BCUT2D eigenvalue weighted by Gasteiger charge is -2.28. The second-order valence-corrected chi connectivity index (χ2v) is 10.4. The highest BCUT2D eigenvalue weighted by Crippen LogP contribution is 2.32. The summed E-state index contributed by atoms with van der Waals surface area (Å²) in [5.41, 5.74) is 0.945. The van der Waals surface area contributed by atoms with Gasteiger partial charge in [-0.1, -0.05) is 73.7 Å². The van der Waals surface area contributed by atoms with Gasteiger partial charge in [0.25, 0.3) is 5.56 Å². The van der Waals surface area contributed by atoms with Gasteiger partial charge in [-0.15, -0.1) is 0 Å². The molecule has 7 heteroatoms. The summed E-state index contributed by atoms with van der Waals surface area (Å²) < 4.78 is 30.7. The van der Waals surface area contributed by atoms with Gasteiger partial charge in [0.05, 0.1) is 27.5 Å². The van der Waals surface area contributed by atoms with Gasteiger partial charge in [0.15, 0.2) is 0 Å². The van der Waals surface area contributed by atoms with E-state index in [2.05, 4.69) is 0 Å². The lowest BCUT2D eigenvalue weighted by atomic mass is 10.1. The second-order valence-electron chi connectivity index (χ2n) is 8.39. The summed E-state index contributed by atoms with van der Waals surface area (Å²) in [6.45, 7) is 1.90. The largest absolute Gasteiger partial charge is 0.268 e. The van der Waals surface area contributed by atoms with E-state index in [1.807, 2.05) is 73.7 Å². The molecule has 1 heterocycles. The van der Waals surface area contributed by atoms with E-state index in [1.54, 1.807) is 37.4 Å². The summed E-state index contributed by atoms with van der Waals surface area (Å²) in [6, 6.07) is 28.4. The number of hydrogen-bond donors (Lipinski definition) is 0. The van der Waals surface area contributed by atoms with Crippen molar-refractivity contribution in [2.75, 3.05) is 7.05 Å². The van der Waals surface area contributed by atoms with E-state index in [0.29, 0.717) is 34.2 Å². The summed E-state index contributed by atoms with van der Waals surface area (Å²) in [7, 11) is -2.35. The third kappa shape index (κ3) is 3.92. The normalized spacial score (nSPS) is 12.9. The number of rotatable bonds is 6. The van der Waals surface area contributed by atoms with Crippen LogP contribution in [0, 0.1) is 0 Å². The van der Waals surface area contributed by atoms with E-state index in [1.165, 1.54) is 8.87 Å². The van der Waals surface area contributed by atoms with E-state index in [0.717, 1.165) is 5.39 Å². The van der Waals surface area contributed by atoms with Crippen LogP contribution < -0.4 is 5.56 Å². The predicted molar refractivity (Wildman–Crippen MR) is 139 cm³/mol. The van der Waals surface area contributed by atoms with Crippen molar-refractivity contribution in [3.05, 3.63) is 113 Å². The van der Waals surface area contributed by atoms with Crippen molar-refractivity contribution in [2.45, 2.75) is 24.3 Å². The SMILES string of the molecule is CCC(c1nc2ccccc2c(=O)n1-c1ccccc1)N(C)S(=O)(=O)c1cccc2ccccc12. The lowest BCUT2D eigenvalue weighted by molar-refractivity contribution is 0.348. The Morgan fingerprint density at radius 2 is 1.46 bits per heavy atom. The zero-order valence-electron chi connectivity index (χ0n) is 19.5. The van der Waals surface area contributed by atoms with Gasteiger partial charge < -0.3 is 0 Å². The van der Waals surface area contributed by atoms with Crippen LogP contribution in [0.5, 0.6) is 0 Å². The zero-order valence-corrected chi connectivity index (χ0v) is 20.3. The molecule has 35 heavy (non-hydrogen) atoms. The van der Waals surface area contributed by atoms with Crippen molar-refractivity contribution < 1.29 is 8.42 Å². The molecule has 0 aliphatic heterocycles. The van der Waals surface area contributed by atoms with Crippen molar-refractivity contribution in [1.29, 1.82) is 0 Å². The minimum absolute atomic E-state index is 0.228. The van der Waals surface area contributed by atoms with Gasteiger partial charge in [-0.05, 0) is 42.1 Å². The Labute approximate surface area is 204 Å². The Bertz CT molecular complexity index is 1690. The summed E-state index contributed by atoms with van der Waals surface area (Å²) in [6.07, 6.45) is 0.429. The topological polar surface area (TPSA) is 72.3 Å². The summed E-state index contributed by atoms with van der Waals surface area (Å²) >= 11 is 0. The van der Waals surface area contributed by atoms with Crippen LogP contribution in [-0.4, -0.2) is 29.3 Å². The summed E-state index contributed by atoms with van der Waals surface area (Å²) in [5.74, 6) is 0.383. The number of benzene rings is 4. The van der Waals surface area contributed by atoms with Crippen LogP contribution in [0.4, 0.5) is 0 Å². The Hall–Kier alpha value is -3.81. The highest BCUT2D eigenvalue weighted by molar-refractivity contribution is 7.89. The van der Waals surface area contributed by atoms with E-state index in [4.69, 9.17) is 4.98 Å². The Balaban J connectivity index is 1.73. The Morgan fingerprint density at radius 3 is 2.20 bits per heavy atom. The number of hydrogen-bond acceptors (Lipinski definition) is 4. The van der Waals surface area contributed by atoms with Crippen molar-refractivity contribution in [3.63, 3.8) is 0 Å². The van der Waals surface area contributed by atoms with Crippen LogP contribution in [0.2, 0.25) is 0 Å². The molecule has 1 aromatic heterocycles. The number of sulfonamides is 1. The quantitative estimate of drug-likeness (QED) is 0.328. The summed E-state index contributed by atoms with van der Waals surface area (Å²) in [5, 5.41) is 1.98. The molecule has 176 valence electrons. The molecule has 0 N–H and O–H groups in total. The van der Waals surface area contributed by atoms with Gasteiger partial charge in [-0.3, -0.25) is 9.36 Å². The number of para-hydroxylation sites is 2. The fourth-order valence-corrected chi connectivity index (χ4v) is 6.15. The van der Waals surface area contributed by atoms with E-state index >= 15 is 0 Å². The molecular formula is C28H25N3O3S. The van der Waals surface area contributed by atoms with Crippen LogP contribution >= 0.6 is 0 Å². The van der Waals surface area contributed by atoms with E-state index in [-0.39, 0.29) is 10.5 Å².